The molecule has 3 atom stereocenters. The van der Waals surface area contributed by atoms with Crippen LogP contribution in [0.5, 0.6) is 0 Å². The van der Waals surface area contributed by atoms with Gasteiger partial charge < -0.3 is 10.4 Å². The van der Waals surface area contributed by atoms with E-state index >= 15 is 0 Å². The fraction of sp³-hybridized carbons (Fsp3) is 0.733. The highest BCUT2D eigenvalue weighted by molar-refractivity contribution is 5.94. The molecule has 1 amide bonds. The van der Waals surface area contributed by atoms with Gasteiger partial charge in [0, 0.05) is 30.2 Å². The number of H-pyrrole nitrogens is 1. The van der Waals surface area contributed by atoms with Crippen LogP contribution in [0.1, 0.15) is 49.9 Å². The molecular formula is C15H24N6O2. The molecule has 0 spiro atoms. The summed E-state index contributed by atoms with van der Waals surface area (Å²) in [6.07, 6.45) is 5.93. The molecule has 1 aromatic rings. The average molecular weight is 320 g/mol. The van der Waals surface area contributed by atoms with E-state index in [0.29, 0.717) is 11.8 Å². The Labute approximate surface area is 134 Å². The fourth-order valence-corrected chi connectivity index (χ4v) is 2.98. The van der Waals surface area contributed by atoms with Crippen LogP contribution in [-0.4, -0.2) is 28.3 Å². The number of carbonyl (C=O) groups excluding carboxylic acids is 1. The van der Waals surface area contributed by atoms with E-state index in [4.69, 9.17) is 5.53 Å². The summed E-state index contributed by atoms with van der Waals surface area (Å²) in [5.41, 5.74) is 7.96. The average Bonchev–Trinajstić information content (AvgIpc) is 3.11. The van der Waals surface area contributed by atoms with Crippen LogP contribution < -0.4 is 10.9 Å². The van der Waals surface area contributed by atoms with Crippen molar-refractivity contribution >= 4 is 5.91 Å². The molecule has 8 heteroatoms. The molecule has 1 aliphatic rings. The van der Waals surface area contributed by atoms with Crippen molar-refractivity contribution in [2.45, 2.75) is 52.1 Å². The minimum absolute atomic E-state index is 0.109. The topological polar surface area (TPSA) is 116 Å². The zero-order valence-electron chi connectivity index (χ0n) is 13.7. The predicted octanol–water partition coefficient (Wildman–Crippen LogP) is 2.43. The SMILES string of the molecule is CCCC(C)CC1CC1NC(=O)c1c[nH]n(CCN=[N+]=[N-])c1=O. The highest BCUT2D eigenvalue weighted by Crippen LogP contribution is 2.37. The van der Waals surface area contributed by atoms with E-state index in [2.05, 4.69) is 34.3 Å². The van der Waals surface area contributed by atoms with E-state index in [1.165, 1.54) is 23.7 Å². The van der Waals surface area contributed by atoms with Gasteiger partial charge in [-0.05, 0) is 30.2 Å². The van der Waals surface area contributed by atoms with Gasteiger partial charge in [-0.3, -0.25) is 14.3 Å². The number of nitrogens with one attached hydrogen (secondary N) is 2. The Morgan fingerprint density at radius 1 is 1.65 bits per heavy atom. The molecule has 0 saturated heterocycles. The molecule has 1 heterocycles. The Bertz CT molecular complexity index is 643. The largest absolute Gasteiger partial charge is 0.349 e. The van der Waals surface area contributed by atoms with Gasteiger partial charge in [0.1, 0.15) is 5.56 Å². The van der Waals surface area contributed by atoms with Crippen molar-refractivity contribution in [3.8, 4) is 0 Å². The molecule has 0 aliphatic heterocycles. The third-order valence-electron chi connectivity index (χ3n) is 4.30. The second-order valence-electron chi connectivity index (χ2n) is 6.30. The van der Waals surface area contributed by atoms with Crippen molar-refractivity contribution in [3.05, 3.63) is 32.6 Å². The van der Waals surface area contributed by atoms with Crippen molar-refractivity contribution in [1.29, 1.82) is 0 Å². The first kappa shape index (κ1) is 17.1. The van der Waals surface area contributed by atoms with Gasteiger partial charge in [-0.1, -0.05) is 31.8 Å². The van der Waals surface area contributed by atoms with Gasteiger partial charge in [0.05, 0.1) is 0 Å². The van der Waals surface area contributed by atoms with Crippen LogP contribution in [0, 0.1) is 11.8 Å². The fourth-order valence-electron chi connectivity index (χ4n) is 2.98. The molecule has 1 aliphatic carbocycles. The second-order valence-corrected chi connectivity index (χ2v) is 6.30. The Morgan fingerprint density at radius 2 is 2.43 bits per heavy atom. The first-order valence-corrected chi connectivity index (χ1v) is 8.16. The molecule has 126 valence electrons. The third kappa shape index (κ3) is 4.63. The van der Waals surface area contributed by atoms with Crippen molar-refractivity contribution in [3.63, 3.8) is 0 Å². The second kappa shape index (κ2) is 7.87. The minimum atomic E-state index is -0.382. The Hall–Kier alpha value is -2.21. The van der Waals surface area contributed by atoms with Gasteiger partial charge in [-0.25, -0.2) is 0 Å². The highest BCUT2D eigenvalue weighted by atomic mass is 16.2. The van der Waals surface area contributed by atoms with Crippen LogP contribution in [0.4, 0.5) is 0 Å². The lowest BCUT2D eigenvalue weighted by Gasteiger charge is -2.09. The first-order valence-electron chi connectivity index (χ1n) is 8.16. The molecule has 1 aromatic heterocycles. The minimum Gasteiger partial charge on any atom is -0.349 e. The normalized spacial score (nSPS) is 20.6. The summed E-state index contributed by atoms with van der Waals surface area (Å²) in [6.45, 7) is 4.82. The van der Waals surface area contributed by atoms with Crippen LogP contribution in [0.15, 0.2) is 16.1 Å². The summed E-state index contributed by atoms with van der Waals surface area (Å²) in [5.74, 6) is 0.883. The third-order valence-corrected chi connectivity index (χ3v) is 4.30. The van der Waals surface area contributed by atoms with Gasteiger partial charge in [0.15, 0.2) is 0 Å². The maximum absolute atomic E-state index is 12.2. The zero-order valence-corrected chi connectivity index (χ0v) is 13.7. The summed E-state index contributed by atoms with van der Waals surface area (Å²) in [7, 11) is 0. The van der Waals surface area contributed by atoms with Gasteiger partial charge in [0.2, 0.25) is 0 Å². The molecular weight excluding hydrogens is 296 g/mol. The molecule has 1 saturated carbocycles. The number of hydrogen-bond donors (Lipinski definition) is 2. The van der Waals surface area contributed by atoms with Crippen LogP contribution in [0.2, 0.25) is 0 Å². The number of azide groups is 1. The molecule has 23 heavy (non-hydrogen) atoms. The molecule has 8 nitrogen and oxygen atoms in total. The first-order chi connectivity index (χ1) is 11.1. The molecule has 2 N–H and O–H groups in total. The van der Waals surface area contributed by atoms with Crippen molar-refractivity contribution in [1.82, 2.24) is 15.1 Å². The Kier molecular flexibility index (Phi) is 5.87. The number of rotatable bonds is 9. The van der Waals surface area contributed by atoms with Crippen molar-refractivity contribution < 1.29 is 4.79 Å². The quantitative estimate of drug-likeness (QED) is 0.413. The van der Waals surface area contributed by atoms with Crippen molar-refractivity contribution in [2.24, 2.45) is 17.0 Å². The lowest BCUT2D eigenvalue weighted by atomic mass is 9.99. The van der Waals surface area contributed by atoms with Crippen LogP contribution in [0.25, 0.3) is 10.4 Å². The van der Waals surface area contributed by atoms with E-state index in [0.717, 1.165) is 12.8 Å². The van der Waals surface area contributed by atoms with E-state index in [1.54, 1.807) is 0 Å². The maximum Gasteiger partial charge on any atom is 0.279 e. The van der Waals surface area contributed by atoms with E-state index in [9.17, 15) is 9.59 Å². The van der Waals surface area contributed by atoms with E-state index < -0.39 is 0 Å². The Balaban J connectivity index is 1.85. The monoisotopic (exact) mass is 320 g/mol. The lowest BCUT2D eigenvalue weighted by molar-refractivity contribution is 0.0947. The summed E-state index contributed by atoms with van der Waals surface area (Å²) in [6, 6.07) is 0.188. The highest BCUT2D eigenvalue weighted by Gasteiger charge is 2.39. The molecule has 2 rings (SSSR count). The van der Waals surface area contributed by atoms with Gasteiger partial charge in [-0.2, -0.15) is 0 Å². The van der Waals surface area contributed by atoms with E-state index in [1.807, 2.05) is 0 Å². The Morgan fingerprint density at radius 3 is 3.13 bits per heavy atom. The summed E-state index contributed by atoms with van der Waals surface area (Å²) < 4.78 is 1.28. The van der Waals surface area contributed by atoms with Gasteiger partial charge in [0.25, 0.3) is 11.5 Å². The lowest BCUT2D eigenvalue weighted by Crippen LogP contribution is -2.32. The predicted molar refractivity (Wildman–Crippen MR) is 87.1 cm³/mol. The van der Waals surface area contributed by atoms with Gasteiger partial charge >= 0.3 is 0 Å². The van der Waals surface area contributed by atoms with Crippen molar-refractivity contribution in [2.75, 3.05) is 6.54 Å². The van der Waals surface area contributed by atoms with Crippen LogP contribution >= 0.6 is 0 Å². The van der Waals surface area contributed by atoms with E-state index in [-0.39, 0.29) is 36.2 Å². The summed E-state index contributed by atoms with van der Waals surface area (Å²) in [5, 5.41) is 9.04. The zero-order chi connectivity index (χ0) is 16.8. The van der Waals surface area contributed by atoms with Crippen LogP contribution in [-0.2, 0) is 6.54 Å². The standard InChI is InChI=1S/C15H24N6O2/c1-3-4-10(2)7-11-8-13(11)19-14(22)12-9-18-21(15(12)23)6-5-17-20-16/h9-11,13,18H,3-8H2,1-2H3,(H,19,22). The molecule has 3 unspecified atom stereocenters. The summed E-state index contributed by atoms with van der Waals surface area (Å²) >= 11 is 0. The number of aromatic amines is 1. The smallest absolute Gasteiger partial charge is 0.279 e. The number of aromatic nitrogens is 2. The molecule has 0 aromatic carbocycles. The number of nitrogens with zero attached hydrogens (tertiary/aromatic N) is 4. The number of amides is 1. The summed E-state index contributed by atoms with van der Waals surface area (Å²) in [4.78, 5) is 26.9. The molecule has 0 bridgehead atoms. The maximum atomic E-state index is 12.2. The molecule has 1 fully saturated rings. The van der Waals surface area contributed by atoms with Crippen LogP contribution in [0.3, 0.4) is 0 Å². The number of hydrogen-bond acceptors (Lipinski definition) is 3. The molecule has 0 radical (unpaired) electrons. The number of carbonyl (C=O) groups is 1. The van der Waals surface area contributed by atoms with Gasteiger partial charge in [-0.15, -0.1) is 0 Å².